The van der Waals surface area contributed by atoms with Crippen molar-refractivity contribution in [2.24, 2.45) is 0 Å². The molecule has 0 spiro atoms. The Morgan fingerprint density at radius 3 is 2.81 bits per heavy atom. The predicted octanol–water partition coefficient (Wildman–Crippen LogP) is 2.76. The molecule has 114 valence electrons. The monoisotopic (exact) mass is 286 g/mol. The first-order valence-electron chi connectivity index (χ1n) is 7.83. The molecule has 0 fully saturated rings. The van der Waals surface area contributed by atoms with Crippen molar-refractivity contribution in [1.82, 2.24) is 20.1 Å². The lowest BCUT2D eigenvalue weighted by molar-refractivity contribution is 0.480. The summed E-state index contributed by atoms with van der Waals surface area (Å²) in [7, 11) is 2.03. The number of rotatable bonds is 8. The summed E-state index contributed by atoms with van der Waals surface area (Å²) in [4.78, 5) is 4.41. The number of aryl methyl sites for hydroxylation is 3. The quantitative estimate of drug-likeness (QED) is 0.811. The van der Waals surface area contributed by atoms with Gasteiger partial charge in [0.2, 0.25) is 0 Å². The van der Waals surface area contributed by atoms with Gasteiger partial charge in [-0.1, -0.05) is 31.2 Å². The van der Waals surface area contributed by atoms with E-state index in [0.717, 1.165) is 38.1 Å². The van der Waals surface area contributed by atoms with Crippen LogP contribution < -0.4 is 5.32 Å². The van der Waals surface area contributed by atoms with Crippen molar-refractivity contribution in [1.29, 1.82) is 0 Å². The zero-order valence-corrected chi connectivity index (χ0v) is 13.3. The molecule has 1 unspecified atom stereocenters. The van der Waals surface area contributed by atoms with Crippen LogP contribution >= 0.6 is 0 Å². The standard InChI is InChI=1S/C17H26N4/c1-4-11-21-17(19-13-20-21)12-16(18-3)10-9-15-8-6-5-7-14(15)2/h5-8,13,16,18H,4,9-12H2,1-3H3. The fraction of sp³-hybridized carbons (Fsp3) is 0.529. The van der Waals surface area contributed by atoms with Crippen LogP contribution in [0.1, 0.15) is 36.7 Å². The second-order valence-corrected chi connectivity index (χ2v) is 5.55. The Morgan fingerprint density at radius 2 is 2.10 bits per heavy atom. The molecule has 0 saturated carbocycles. The minimum absolute atomic E-state index is 0.435. The number of nitrogens with one attached hydrogen (secondary N) is 1. The van der Waals surface area contributed by atoms with Crippen LogP contribution in [0.4, 0.5) is 0 Å². The fourth-order valence-electron chi connectivity index (χ4n) is 2.63. The van der Waals surface area contributed by atoms with Crippen molar-refractivity contribution < 1.29 is 0 Å². The van der Waals surface area contributed by atoms with Crippen LogP contribution in [0.25, 0.3) is 0 Å². The Hall–Kier alpha value is -1.68. The second-order valence-electron chi connectivity index (χ2n) is 5.55. The minimum atomic E-state index is 0.435. The summed E-state index contributed by atoms with van der Waals surface area (Å²) in [5.41, 5.74) is 2.81. The summed E-state index contributed by atoms with van der Waals surface area (Å²) in [6.45, 7) is 5.30. The highest BCUT2D eigenvalue weighted by atomic mass is 15.3. The zero-order valence-electron chi connectivity index (χ0n) is 13.3. The summed E-state index contributed by atoms with van der Waals surface area (Å²) >= 11 is 0. The van der Waals surface area contributed by atoms with Crippen molar-refractivity contribution in [2.75, 3.05) is 7.05 Å². The van der Waals surface area contributed by atoms with E-state index in [9.17, 15) is 0 Å². The van der Waals surface area contributed by atoms with E-state index in [4.69, 9.17) is 0 Å². The molecule has 21 heavy (non-hydrogen) atoms. The third-order valence-corrected chi connectivity index (χ3v) is 3.99. The number of hydrogen-bond acceptors (Lipinski definition) is 3. The van der Waals surface area contributed by atoms with E-state index < -0.39 is 0 Å². The highest BCUT2D eigenvalue weighted by molar-refractivity contribution is 5.25. The van der Waals surface area contributed by atoms with Crippen molar-refractivity contribution >= 4 is 0 Å². The van der Waals surface area contributed by atoms with Crippen LogP contribution in [0.2, 0.25) is 0 Å². The lowest BCUT2D eigenvalue weighted by Gasteiger charge is -2.17. The SMILES string of the molecule is CCCn1ncnc1CC(CCc1ccccc1C)NC. The average molecular weight is 286 g/mol. The molecule has 0 aliphatic carbocycles. The first-order valence-corrected chi connectivity index (χ1v) is 7.83. The Morgan fingerprint density at radius 1 is 1.29 bits per heavy atom. The van der Waals surface area contributed by atoms with Gasteiger partial charge in [0.1, 0.15) is 12.2 Å². The van der Waals surface area contributed by atoms with Crippen LogP contribution in [-0.2, 0) is 19.4 Å². The molecule has 1 heterocycles. The maximum Gasteiger partial charge on any atom is 0.138 e. The number of nitrogens with zero attached hydrogens (tertiary/aromatic N) is 3. The largest absolute Gasteiger partial charge is 0.317 e. The smallest absolute Gasteiger partial charge is 0.138 e. The topological polar surface area (TPSA) is 42.7 Å². The van der Waals surface area contributed by atoms with Gasteiger partial charge in [0.05, 0.1) is 0 Å². The first kappa shape index (κ1) is 15.7. The lowest BCUT2D eigenvalue weighted by Crippen LogP contribution is -2.29. The van der Waals surface area contributed by atoms with Gasteiger partial charge in [0.15, 0.2) is 0 Å². The Kier molecular flexibility index (Phi) is 5.93. The lowest BCUT2D eigenvalue weighted by atomic mass is 9.99. The molecule has 1 N–H and O–H groups in total. The highest BCUT2D eigenvalue weighted by Gasteiger charge is 2.12. The van der Waals surface area contributed by atoms with E-state index in [1.54, 1.807) is 6.33 Å². The molecule has 0 aliphatic rings. The van der Waals surface area contributed by atoms with E-state index >= 15 is 0 Å². The van der Waals surface area contributed by atoms with Crippen LogP contribution in [0, 0.1) is 6.92 Å². The molecule has 2 aromatic rings. The highest BCUT2D eigenvalue weighted by Crippen LogP contribution is 2.12. The first-order chi connectivity index (χ1) is 10.2. The normalized spacial score (nSPS) is 12.5. The van der Waals surface area contributed by atoms with Gasteiger partial charge in [0.25, 0.3) is 0 Å². The van der Waals surface area contributed by atoms with Gasteiger partial charge in [-0.25, -0.2) is 4.98 Å². The van der Waals surface area contributed by atoms with Crippen molar-refractivity contribution in [3.8, 4) is 0 Å². The molecule has 4 nitrogen and oxygen atoms in total. The molecule has 1 aromatic carbocycles. The van der Waals surface area contributed by atoms with E-state index in [1.807, 2.05) is 11.7 Å². The molecule has 0 radical (unpaired) electrons. The van der Waals surface area contributed by atoms with E-state index in [2.05, 4.69) is 53.5 Å². The molecule has 2 rings (SSSR count). The van der Waals surface area contributed by atoms with Gasteiger partial charge in [-0.05, 0) is 44.4 Å². The number of likely N-dealkylation sites (N-methyl/N-ethyl adjacent to an activating group) is 1. The Balaban J connectivity index is 1.94. The summed E-state index contributed by atoms with van der Waals surface area (Å²) < 4.78 is 2.03. The summed E-state index contributed by atoms with van der Waals surface area (Å²) in [6, 6.07) is 9.06. The van der Waals surface area contributed by atoms with Gasteiger partial charge >= 0.3 is 0 Å². The molecule has 4 heteroatoms. The van der Waals surface area contributed by atoms with Crippen molar-refractivity contribution in [2.45, 2.75) is 52.1 Å². The van der Waals surface area contributed by atoms with Crippen LogP contribution in [0.5, 0.6) is 0 Å². The summed E-state index contributed by atoms with van der Waals surface area (Å²) in [6.07, 6.45) is 5.89. The van der Waals surface area contributed by atoms with Crippen molar-refractivity contribution in [3.63, 3.8) is 0 Å². The number of benzene rings is 1. The summed E-state index contributed by atoms with van der Waals surface area (Å²) in [5.74, 6) is 1.08. The van der Waals surface area contributed by atoms with Crippen molar-refractivity contribution in [3.05, 3.63) is 47.5 Å². The molecule has 0 saturated heterocycles. The summed E-state index contributed by atoms with van der Waals surface area (Å²) in [5, 5.41) is 7.72. The maximum atomic E-state index is 4.41. The molecule has 1 aromatic heterocycles. The minimum Gasteiger partial charge on any atom is -0.317 e. The van der Waals surface area contributed by atoms with Crippen LogP contribution in [0.3, 0.4) is 0 Å². The van der Waals surface area contributed by atoms with Gasteiger partial charge in [-0.2, -0.15) is 5.10 Å². The molecule has 0 bridgehead atoms. The Bertz CT molecular complexity index is 547. The van der Waals surface area contributed by atoms with Gasteiger partial charge in [-0.15, -0.1) is 0 Å². The van der Waals surface area contributed by atoms with E-state index in [1.165, 1.54) is 11.1 Å². The van der Waals surface area contributed by atoms with Crippen LogP contribution in [0.15, 0.2) is 30.6 Å². The molecular weight excluding hydrogens is 260 g/mol. The average Bonchev–Trinajstić information content (AvgIpc) is 2.92. The second kappa shape index (κ2) is 7.93. The Labute approximate surface area is 127 Å². The third-order valence-electron chi connectivity index (χ3n) is 3.99. The van der Waals surface area contributed by atoms with E-state index in [-0.39, 0.29) is 0 Å². The van der Waals surface area contributed by atoms with Gasteiger partial charge in [0, 0.05) is 19.0 Å². The molecular formula is C17H26N4. The zero-order chi connectivity index (χ0) is 15.1. The van der Waals surface area contributed by atoms with E-state index in [0.29, 0.717) is 6.04 Å². The molecule has 0 aliphatic heterocycles. The fourth-order valence-corrected chi connectivity index (χ4v) is 2.63. The number of hydrogen-bond donors (Lipinski definition) is 1. The third kappa shape index (κ3) is 4.39. The van der Waals surface area contributed by atoms with Gasteiger partial charge in [-0.3, -0.25) is 4.68 Å². The molecule has 1 atom stereocenters. The molecule has 0 amide bonds. The maximum absolute atomic E-state index is 4.41. The van der Waals surface area contributed by atoms with Gasteiger partial charge < -0.3 is 5.32 Å². The predicted molar refractivity (Wildman–Crippen MR) is 86.4 cm³/mol. The number of aromatic nitrogens is 3. The van der Waals surface area contributed by atoms with Crippen LogP contribution in [-0.4, -0.2) is 27.9 Å².